The molecule has 0 fully saturated rings. The Morgan fingerprint density at radius 2 is 1.92 bits per heavy atom. The van der Waals surface area contributed by atoms with Gasteiger partial charge in [-0.1, -0.05) is 6.07 Å². The molecule has 4 heteroatoms. The van der Waals surface area contributed by atoms with Gasteiger partial charge in [-0.2, -0.15) is 0 Å². The zero-order chi connectivity index (χ0) is 9.84. The molecule has 0 spiro atoms. The Hall–Kier alpha value is -1.97. The van der Waals surface area contributed by atoms with E-state index in [4.69, 9.17) is 15.3 Å². The largest absolute Gasteiger partial charge is 0.504 e. The summed E-state index contributed by atoms with van der Waals surface area (Å²) in [5.41, 5.74) is 0.512. The molecule has 0 heterocycles. The van der Waals surface area contributed by atoms with Gasteiger partial charge in [-0.05, 0) is 23.8 Å². The molecule has 0 amide bonds. The van der Waals surface area contributed by atoms with E-state index in [1.165, 1.54) is 24.3 Å². The van der Waals surface area contributed by atoms with Crippen molar-refractivity contribution in [2.24, 2.45) is 0 Å². The Morgan fingerprint density at radius 1 is 1.23 bits per heavy atom. The number of phenolic OH excluding ortho intramolecular Hbond substituents is 2. The number of hydrogen-bond donors (Lipinski definition) is 3. The highest BCUT2D eigenvalue weighted by Crippen LogP contribution is 2.25. The Morgan fingerprint density at radius 3 is 2.46 bits per heavy atom. The molecule has 0 aliphatic carbocycles. The standard InChI is InChI=1S/C9H8O4/c10-7-3-1-6(5-8(7)11)2-4-9(12)13/h1-5,10-11H,(H,12,13)/b4-2+/i2+1,4+1,9+1. The van der Waals surface area contributed by atoms with Gasteiger partial charge >= 0.3 is 5.97 Å². The molecule has 0 atom stereocenters. The van der Waals surface area contributed by atoms with Gasteiger partial charge in [-0.15, -0.1) is 0 Å². The topological polar surface area (TPSA) is 77.8 Å². The summed E-state index contributed by atoms with van der Waals surface area (Å²) in [5.74, 6) is -1.56. The summed E-state index contributed by atoms with van der Waals surface area (Å²) in [4.78, 5) is 10.1. The fourth-order valence-electron chi connectivity index (χ4n) is 0.812. The molecule has 0 radical (unpaired) electrons. The quantitative estimate of drug-likeness (QED) is 0.365. The molecule has 1 aromatic carbocycles. The normalized spacial score (nSPS) is 10.5. The zero-order valence-corrected chi connectivity index (χ0v) is 6.64. The van der Waals surface area contributed by atoms with E-state index in [1.807, 2.05) is 0 Å². The average molecular weight is 183 g/mol. The molecular formula is C9H8O4. The minimum Gasteiger partial charge on any atom is -0.504 e. The number of aliphatic carboxylic acids is 1. The van der Waals surface area contributed by atoms with Crippen LogP contribution in [0.3, 0.4) is 0 Å². The van der Waals surface area contributed by atoms with Crippen molar-refractivity contribution in [3.05, 3.63) is 29.8 Å². The van der Waals surface area contributed by atoms with Gasteiger partial charge in [0.15, 0.2) is 11.5 Å². The number of benzene rings is 1. The lowest BCUT2D eigenvalue weighted by molar-refractivity contribution is -0.131. The van der Waals surface area contributed by atoms with E-state index in [0.717, 1.165) is 6.08 Å². The predicted molar refractivity (Wildman–Crippen MR) is 46.4 cm³/mol. The van der Waals surface area contributed by atoms with Crippen LogP contribution in [-0.2, 0) is 4.79 Å². The maximum atomic E-state index is 10.1. The molecule has 4 nitrogen and oxygen atoms in total. The van der Waals surface area contributed by atoms with Gasteiger partial charge in [0.05, 0.1) is 0 Å². The minimum absolute atomic E-state index is 0.229. The third kappa shape index (κ3) is 2.52. The SMILES string of the molecule is O=[13C](O)/[13CH]=[13CH]/c1ccc(O)c(O)c1. The molecule has 3 N–H and O–H groups in total. The zero-order valence-electron chi connectivity index (χ0n) is 6.64. The van der Waals surface area contributed by atoms with Gasteiger partial charge in [0.1, 0.15) is 0 Å². The number of carboxylic acids is 1. The highest BCUT2D eigenvalue weighted by molar-refractivity contribution is 5.85. The Kier molecular flexibility index (Phi) is 2.54. The summed E-state index contributed by atoms with van der Waals surface area (Å²) in [7, 11) is 0. The molecule has 0 bridgehead atoms. The van der Waals surface area contributed by atoms with Crippen LogP contribution >= 0.6 is 0 Å². The maximum absolute atomic E-state index is 10.1. The third-order valence-electron chi connectivity index (χ3n) is 1.42. The molecule has 0 unspecified atom stereocenters. The second-order valence-electron chi connectivity index (χ2n) is 2.42. The first-order valence-electron chi connectivity index (χ1n) is 3.52. The van der Waals surface area contributed by atoms with E-state index in [-0.39, 0.29) is 11.5 Å². The number of aromatic hydroxyl groups is 2. The van der Waals surface area contributed by atoms with Crippen molar-refractivity contribution in [1.82, 2.24) is 0 Å². The number of rotatable bonds is 2. The lowest BCUT2D eigenvalue weighted by Crippen LogP contribution is -1.85. The van der Waals surface area contributed by atoms with E-state index in [9.17, 15) is 4.79 Å². The van der Waals surface area contributed by atoms with E-state index < -0.39 is 5.97 Å². The Labute approximate surface area is 74.4 Å². The summed E-state index contributed by atoms with van der Waals surface area (Å²) in [6, 6.07) is 4.06. The molecule has 68 valence electrons. The molecule has 1 rings (SSSR count). The number of carboxylic acid groups (broad SMARTS) is 1. The van der Waals surface area contributed by atoms with E-state index in [0.29, 0.717) is 5.56 Å². The van der Waals surface area contributed by atoms with Crippen LogP contribution in [-0.4, -0.2) is 21.3 Å². The first-order valence-corrected chi connectivity index (χ1v) is 3.52. The highest BCUT2D eigenvalue weighted by atomic mass is 16.5. The van der Waals surface area contributed by atoms with Gasteiger partial charge in [-0.3, -0.25) is 0 Å². The van der Waals surface area contributed by atoms with Gasteiger partial charge < -0.3 is 15.3 Å². The third-order valence-corrected chi connectivity index (χ3v) is 1.42. The number of phenols is 2. The predicted octanol–water partition coefficient (Wildman–Crippen LogP) is 1.20. The maximum Gasteiger partial charge on any atom is 0.328 e. The van der Waals surface area contributed by atoms with Crippen LogP contribution in [0.5, 0.6) is 11.5 Å². The molecule has 0 aromatic heterocycles. The highest BCUT2D eigenvalue weighted by Gasteiger charge is 1.97. The lowest BCUT2D eigenvalue weighted by Gasteiger charge is -1.97. The van der Waals surface area contributed by atoms with Gasteiger partial charge in [-0.25, -0.2) is 4.79 Å². The molecule has 0 aliphatic rings. The molecule has 0 aliphatic heterocycles. The second-order valence-corrected chi connectivity index (χ2v) is 2.42. The van der Waals surface area contributed by atoms with Crippen molar-refractivity contribution < 1.29 is 20.1 Å². The lowest BCUT2D eigenvalue weighted by atomic mass is 10.2. The van der Waals surface area contributed by atoms with E-state index in [2.05, 4.69) is 0 Å². The molecule has 0 saturated carbocycles. The summed E-state index contributed by atoms with van der Waals surface area (Å²) < 4.78 is 0. The van der Waals surface area contributed by atoms with E-state index >= 15 is 0 Å². The van der Waals surface area contributed by atoms with Crippen molar-refractivity contribution in [2.45, 2.75) is 0 Å². The second kappa shape index (κ2) is 3.62. The molecule has 1 aromatic rings. The van der Waals surface area contributed by atoms with Crippen molar-refractivity contribution in [3.63, 3.8) is 0 Å². The van der Waals surface area contributed by atoms with Crippen molar-refractivity contribution in [3.8, 4) is 11.5 Å². The summed E-state index contributed by atoms with van der Waals surface area (Å²) >= 11 is 0. The fraction of sp³-hybridized carbons (Fsp3) is 0. The van der Waals surface area contributed by atoms with Crippen LogP contribution in [0.4, 0.5) is 0 Å². The Balaban J connectivity index is 2.92. The van der Waals surface area contributed by atoms with Crippen LogP contribution < -0.4 is 0 Å². The van der Waals surface area contributed by atoms with Crippen LogP contribution in [0.2, 0.25) is 0 Å². The van der Waals surface area contributed by atoms with Crippen molar-refractivity contribution >= 4 is 12.0 Å². The molecule has 13 heavy (non-hydrogen) atoms. The van der Waals surface area contributed by atoms with Gasteiger partial charge in [0.2, 0.25) is 0 Å². The summed E-state index contributed by atoms with van der Waals surface area (Å²) in [6.45, 7) is 0. The smallest absolute Gasteiger partial charge is 0.328 e. The van der Waals surface area contributed by atoms with Crippen LogP contribution in [0, 0.1) is 0 Å². The van der Waals surface area contributed by atoms with Crippen LogP contribution in [0.25, 0.3) is 6.08 Å². The van der Waals surface area contributed by atoms with E-state index in [1.54, 1.807) is 0 Å². The molecular weight excluding hydrogens is 175 g/mol. The first kappa shape index (κ1) is 9.12. The monoisotopic (exact) mass is 183 g/mol. The van der Waals surface area contributed by atoms with Crippen molar-refractivity contribution in [2.75, 3.05) is 0 Å². The van der Waals surface area contributed by atoms with Gasteiger partial charge in [0, 0.05) is 6.08 Å². The minimum atomic E-state index is -1.06. The Bertz CT molecular complexity index is 355. The molecule has 0 saturated heterocycles. The number of hydrogen-bond acceptors (Lipinski definition) is 3. The number of carbonyl (C=O) groups is 1. The summed E-state index contributed by atoms with van der Waals surface area (Å²) in [6.07, 6.45) is 2.27. The van der Waals surface area contributed by atoms with Crippen molar-refractivity contribution in [1.29, 1.82) is 0 Å². The van der Waals surface area contributed by atoms with Gasteiger partial charge in [0.25, 0.3) is 0 Å². The fourth-order valence-corrected chi connectivity index (χ4v) is 0.812. The average Bonchev–Trinajstić information content (AvgIpc) is 2.07. The van der Waals surface area contributed by atoms with Crippen LogP contribution in [0.15, 0.2) is 24.3 Å². The van der Waals surface area contributed by atoms with Crippen LogP contribution in [0.1, 0.15) is 5.56 Å². The summed E-state index contributed by atoms with van der Waals surface area (Å²) in [5, 5.41) is 26.3. The first-order chi connectivity index (χ1) is 6.09.